The summed E-state index contributed by atoms with van der Waals surface area (Å²) in [5.41, 5.74) is -0.896. The average Bonchev–Trinajstić information content (AvgIpc) is 2.29. The smallest absolute Gasteiger partial charge is 0.330 e. The Bertz CT molecular complexity index is 488. The molecule has 0 aliphatic carbocycles. The molecule has 7 heteroatoms. The number of esters is 1. The number of hydrogen-bond donors (Lipinski definition) is 1. The van der Waals surface area contributed by atoms with Crippen molar-refractivity contribution in [3.8, 4) is 0 Å². The SMILES string of the molecule is COC(=O)C(C)(C)Nc1ccc(Br)cc1[N+](=O)[O-]. The molecule has 0 saturated carbocycles. The van der Waals surface area contributed by atoms with Crippen LogP contribution < -0.4 is 5.32 Å². The van der Waals surface area contributed by atoms with Crippen LogP contribution in [0.4, 0.5) is 11.4 Å². The Kier molecular flexibility index (Phi) is 4.28. The maximum Gasteiger partial charge on any atom is 0.330 e. The zero-order valence-corrected chi connectivity index (χ0v) is 11.8. The highest BCUT2D eigenvalue weighted by Gasteiger charge is 2.30. The van der Waals surface area contributed by atoms with Crippen LogP contribution in [0, 0.1) is 10.1 Å². The van der Waals surface area contributed by atoms with Crippen molar-refractivity contribution in [1.82, 2.24) is 0 Å². The molecule has 0 aliphatic heterocycles. The van der Waals surface area contributed by atoms with Gasteiger partial charge in [0.1, 0.15) is 11.2 Å². The number of halogens is 1. The standard InChI is InChI=1S/C11H13BrN2O4/c1-11(2,10(15)18-3)13-8-5-4-7(12)6-9(8)14(16)17/h4-6,13H,1-3H3. The molecule has 98 valence electrons. The van der Waals surface area contributed by atoms with Crippen molar-refractivity contribution in [3.63, 3.8) is 0 Å². The van der Waals surface area contributed by atoms with Crippen LogP contribution in [0.1, 0.15) is 13.8 Å². The molecular formula is C11H13BrN2O4. The minimum atomic E-state index is -1.05. The van der Waals surface area contributed by atoms with E-state index < -0.39 is 16.4 Å². The van der Waals surface area contributed by atoms with Crippen LogP contribution in [-0.2, 0) is 9.53 Å². The number of hydrogen-bond acceptors (Lipinski definition) is 5. The quantitative estimate of drug-likeness (QED) is 0.524. The lowest BCUT2D eigenvalue weighted by molar-refractivity contribution is -0.384. The predicted octanol–water partition coefficient (Wildman–Crippen LogP) is 2.72. The lowest BCUT2D eigenvalue weighted by atomic mass is 10.1. The molecule has 0 unspecified atom stereocenters. The zero-order chi connectivity index (χ0) is 13.9. The second kappa shape index (κ2) is 5.34. The van der Waals surface area contributed by atoms with Gasteiger partial charge in [-0.3, -0.25) is 10.1 Å². The Labute approximate surface area is 113 Å². The number of rotatable bonds is 4. The fraction of sp³-hybridized carbons (Fsp3) is 0.364. The van der Waals surface area contributed by atoms with Gasteiger partial charge in [-0.1, -0.05) is 15.9 Å². The first-order chi connectivity index (χ1) is 8.27. The van der Waals surface area contributed by atoms with Gasteiger partial charge in [0.05, 0.1) is 12.0 Å². The van der Waals surface area contributed by atoms with Gasteiger partial charge in [-0.05, 0) is 26.0 Å². The second-order valence-electron chi connectivity index (χ2n) is 4.16. The molecule has 1 N–H and O–H groups in total. The number of carbonyl (C=O) groups is 1. The minimum Gasteiger partial charge on any atom is -0.467 e. The van der Waals surface area contributed by atoms with Crippen molar-refractivity contribution >= 4 is 33.3 Å². The van der Waals surface area contributed by atoms with Gasteiger partial charge >= 0.3 is 5.97 Å². The number of nitrogens with zero attached hydrogens (tertiary/aromatic N) is 1. The molecule has 0 spiro atoms. The van der Waals surface area contributed by atoms with E-state index in [1.54, 1.807) is 19.9 Å². The van der Waals surface area contributed by atoms with Crippen molar-refractivity contribution in [2.75, 3.05) is 12.4 Å². The number of nitro benzene ring substituents is 1. The lowest BCUT2D eigenvalue weighted by Gasteiger charge is -2.24. The van der Waals surface area contributed by atoms with Gasteiger partial charge in [0, 0.05) is 10.5 Å². The van der Waals surface area contributed by atoms with Crippen molar-refractivity contribution in [2.24, 2.45) is 0 Å². The van der Waals surface area contributed by atoms with E-state index in [1.165, 1.54) is 19.2 Å². The molecule has 1 rings (SSSR count). The molecule has 6 nitrogen and oxygen atoms in total. The molecule has 18 heavy (non-hydrogen) atoms. The van der Waals surface area contributed by atoms with Gasteiger partial charge in [-0.25, -0.2) is 4.79 Å². The summed E-state index contributed by atoms with van der Waals surface area (Å²) in [6.07, 6.45) is 0. The molecule has 1 aromatic rings. The summed E-state index contributed by atoms with van der Waals surface area (Å²) in [6.45, 7) is 3.18. The first kappa shape index (κ1) is 14.4. The van der Waals surface area contributed by atoms with Gasteiger partial charge in [0.2, 0.25) is 0 Å². The summed E-state index contributed by atoms with van der Waals surface area (Å²) in [5, 5.41) is 13.7. The van der Waals surface area contributed by atoms with Crippen LogP contribution in [0.2, 0.25) is 0 Å². The number of nitro groups is 1. The molecule has 0 fully saturated rings. The van der Waals surface area contributed by atoms with Crippen molar-refractivity contribution in [2.45, 2.75) is 19.4 Å². The van der Waals surface area contributed by atoms with E-state index in [2.05, 4.69) is 26.0 Å². The molecule has 0 aromatic heterocycles. The Hall–Kier alpha value is -1.63. The van der Waals surface area contributed by atoms with Crippen LogP contribution in [0.25, 0.3) is 0 Å². The van der Waals surface area contributed by atoms with E-state index >= 15 is 0 Å². The Morgan fingerprint density at radius 3 is 2.61 bits per heavy atom. The highest BCUT2D eigenvalue weighted by atomic mass is 79.9. The van der Waals surface area contributed by atoms with Crippen LogP contribution in [0.3, 0.4) is 0 Å². The number of nitrogens with one attached hydrogen (secondary N) is 1. The third kappa shape index (κ3) is 3.19. The number of methoxy groups -OCH3 is 1. The van der Waals surface area contributed by atoms with E-state index in [4.69, 9.17) is 0 Å². The van der Waals surface area contributed by atoms with Crippen molar-refractivity contribution in [1.29, 1.82) is 0 Å². The summed E-state index contributed by atoms with van der Waals surface area (Å²) < 4.78 is 5.22. The van der Waals surface area contributed by atoms with E-state index in [1.807, 2.05) is 0 Å². The summed E-state index contributed by atoms with van der Waals surface area (Å²) in [4.78, 5) is 21.9. The average molecular weight is 317 g/mol. The molecule has 0 radical (unpaired) electrons. The van der Waals surface area contributed by atoms with E-state index in [-0.39, 0.29) is 11.4 Å². The van der Waals surface area contributed by atoms with Gasteiger partial charge in [0.15, 0.2) is 0 Å². The Morgan fingerprint density at radius 1 is 1.50 bits per heavy atom. The van der Waals surface area contributed by atoms with Crippen LogP contribution in [-0.4, -0.2) is 23.5 Å². The van der Waals surface area contributed by atoms with Gasteiger partial charge in [-0.15, -0.1) is 0 Å². The third-order valence-electron chi connectivity index (χ3n) is 2.30. The van der Waals surface area contributed by atoms with E-state index in [9.17, 15) is 14.9 Å². The second-order valence-corrected chi connectivity index (χ2v) is 5.08. The van der Waals surface area contributed by atoms with E-state index in [0.29, 0.717) is 4.47 Å². The normalized spacial score (nSPS) is 10.9. The zero-order valence-electron chi connectivity index (χ0n) is 10.2. The van der Waals surface area contributed by atoms with Crippen molar-refractivity contribution in [3.05, 3.63) is 32.8 Å². The maximum absolute atomic E-state index is 11.5. The summed E-state index contributed by atoms with van der Waals surface area (Å²) in [6, 6.07) is 4.56. The Morgan fingerprint density at radius 2 is 2.11 bits per heavy atom. The van der Waals surface area contributed by atoms with Crippen LogP contribution in [0.5, 0.6) is 0 Å². The highest BCUT2D eigenvalue weighted by molar-refractivity contribution is 9.10. The van der Waals surface area contributed by atoms with Gasteiger partial charge < -0.3 is 10.1 Å². The number of anilines is 1. The molecule has 0 amide bonds. The number of benzene rings is 1. The Balaban J connectivity index is 3.11. The van der Waals surface area contributed by atoms with Crippen molar-refractivity contribution < 1.29 is 14.5 Å². The summed E-state index contributed by atoms with van der Waals surface area (Å²) in [7, 11) is 1.27. The van der Waals surface area contributed by atoms with Gasteiger partial charge in [0.25, 0.3) is 5.69 Å². The molecule has 0 aliphatic rings. The molecule has 0 heterocycles. The predicted molar refractivity (Wildman–Crippen MR) is 70.5 cm³/mol. The van der Waals surface area contributed by atoms with Gasteiger partial charge in [-0.2, -0.15) is 0 Å². The fourth-order valence-corrected chi connectivity index (χ4v) is 1.75. The third-order valence-corrected chi connectivity index (χ3v) is 2.79. The largest absolute Gasteiger partial charge is 0.467 e. The lowest BCUT2D eigenvalue weighted by Crippen LogP contribution is -2.41. The number of carbonyl (C=O) groups excluding carboxylic acids is 1. The first-order valence-electron chi connectivity index (χ1n) is 5.08. The molecule has 0 bridgehead atoms. The van der Waals surface area contributed by atoms with Crippen LogP contribution >= 0.6 is 15.9 Å². The topological polar surface area (TPSA) is 81.5 Å². The number of ether oxygens (including phenoxy) is 1. The summed E-state index contributed by atoms with van der Waals surface area (Å²) >= 11 is 3.16. The molecule has 0 atom stereocenters. The highest BCUT2D eigenvalue weighted by Crippen LogP contribution is 2.30. The molecular weight excluding hydrogens is 304 g/mol. The fourth-order valence-electron chi connectivity index (χ4n) is 1.40. The van der Waals surface area contributed by atoms with Crippen LogP contribution in [0.15, 0.2) is 22.7 Å². The monoisotopic (exact) mass is 316 g/mol. The first-order valence-corrected chi connectivity index (χ1v) is 5.88. The minimum absolute atomic E-state index is 0.110. The maximum atomic E-state index is 11.5. The molecule has 1 aromatic carbocycles. The summed E-state index contributed by atoms with van der Waals surface area (Å²) in [5.74, 6) is -0.500. The van der Waals surface area contributed by atoms with E-state index in [0.717, 1.165) is 0 Å². The molecule has 0 saturated heterocycles.